The minimum absolute atomic E-state index is 0.275. The summed E-state index contributed by atoms with van der Waals surface area (Å²) in [5.41, 5.74) is -0.275. The lowest BCUT2D eigenvalue weighted by atomic mass is 10.8. The first-order valence-electron chi connectivity index (χ1n) is 2.40. The van der Waals surface area contributed by atoms with Crippen molar-refractivity contribution in [2.24, 2.45) is 0 Å². The summed E-state index contributed by atoms with van der Waals surface area (Å²) in [7, 11) is 0. The second-order valence-corrected chi connectivity index (χ2v) is 5.15. The Morgan fingerprint density at radius 1 is 1.44 bits per heavy atom. The van der Waals surface area contributed by atoms with Crippen molar-refractivity contribution in [3.8, 4) is 0 Å². The molecule has 0 N–H and O–H groups in total. The normalized spacial score (nSPS) is 29.0. The minimum atomic E-state index is -1.26. The molecule has 5 heteroatoms. The summed E-state index contributed by atoms with van der Waals surface area (Å²) in [5.74, 6) is 0.915. The van der Waals surface area contributed by atoms with E-state index in [1.807, 2.05) is 0 Å². The van der Waals surface area contributed by atoms with Gasteiger partial charge >= 0.3 is 0 Å². The van der Waals surface area contributed by atoms with Gasteiger partial charge in [-0.15, -0.1) is 11.8 Å². The highest BCUT2D eigenvalue weighted by molar-refractivity contribution is 8.00. The molecule has 0 bridgehead atoms. The van der Waals surface area contributed by atoms with E-state index in [1.165, 1.54) is 11.8 Å². The van der Waals surface area contributed by atoms with Crippen LogP contribution < -0.4 is 0 Å². The van der Waals surface area contributed by atoms with Gasteiger partial charge in [0.15, 0.2) is 0 Å². The first-order valence-corrected chi connectivity index (χ1v) is 4.59. The third kappa shape index (κ3) is 2.35. The van der Waals surface area contributed by atoms with E-state index in [2.05, 4.69) is 0 Å². The number of thioether (sulfide) groups is 1. The van der Waals surface area contributed by atoms with Gasteiger partial charge in [-0.1, -0.05) is 34.8 Å². The fourth-order valence-electron chi connectivity index (χ4n) is 0.547. The third-order valence-corrected chi connectivity index (χ3v) is 3.07. The molecule has 0 amide bonds. The molecule has 0 aromatic carbocycles. The Morgan fingerprint density at radius 2 is 2.11 bits per heavy atom. The topological polar surface area (TPSA) is 9.23 Å². The summed E-state index contributed by atoms with van der Waals surface area (Å²) < 4.78 is 3.82. The van der Waals surface area contributed by atoms with Crippen molar-refractivity contribution in [1.29, 1.82) is 0 Å². The molecule has 54 valence electrons. The van der Waals surface area contributed by atoms with E-state index >= 15 is 0 Å². The molecule has 0 radical (unpaired) electrons. The second kappa shape index (κ2) is 3.05. The molecule has 1 unspecified atom stereocenters. The molecule has 0 spiro atoms. The van der Waals surface area contributed by atoms with E-state index < -0.39 is 3.79 Å². The lowest BCUT2D eigenvalue weighted by Crippen LogP contribution is -2.20. The van der Waals surface area contributed by atoms with Gasteiger partial charge in [0.1, 0.15) is 5.44 Å². The van der Waals surface area contributed by atoms with Crippen molar-refractivity contribution in [3.05, 3.63) is 0 Å². The van der Waals surface area contributed by atoms with Crippen molar-refractivity contribution in [1.82, 2.24) is 0 Å². The highest BCUT2D eigenvalue weighted by Crippen LogP contribution is 2.40. The lowest BCUT2D eigenvalue weighted by Gasteiger charge is -2.16. The van der Waals surface area contributed by atoms with Crippen molar-refractivity contribution in [3.63, 3.8) is 0 Å². The zero-order valence-corrected chi connectivity index (χ0v) is 7.53. The minimum Gasteiger partial charge on any atom is -0.362 e. The van der Waals surface area contributed by atoms with Crippen LogP contribution in [0.2, 0.25) is 0 Å². The van der Waals surface area contributed by atoms with Gasteiger partial charge in [0.2, 0.25) is 3.79 Å². The highest BCUT2D eigenvalue weighted by Gasteiger charge is 2.36. The zero-order valence-electron chi connectivity index (χ0n) is 4.44. The van der Waals surface area contributed by atoms with Crippen LogP contribution in [0.1, 0.15) is 0 Å². The van der Waals surface area contributed by atoms with Gasteiger partial charge < -0.3 is 4.74 Å². The first-order chi connectivity index (χ1) is 4.11. The van der Waals surface area contributed by atoms with E-state index in [9.17, 15) is 0 Å². The Bertz CT molecular complexity index is 96.5. The SMILES string of the molecule is ClC(Cl)(Cl)C1OCCS1. The molecular formula is C4H5Cl3OS. The van der Waals surface area contributed by atoms with Gasteiger partial charge in [-0.05, 0) is 0 Å². The van der Waals surface area contributed by atoms with Crippen LogP contribution in [0.4, 0.5) is 0 Å². The maximum absolute atomic E-state index is 5.52. The largest absolute Gasteiger partial charge is 0.362 e. The molecule has 1 nitrogen and oxygen atoms in total. The van der Waals surface area contributed by atoms with Crippen LogP contribution in [-0.4, -0.2) is 21.6 Å². The molecule has 1 rings (SSSR count). The number of halogens is 3. The van der Waals surface area contributed by atoms with Crippen LogP contribution in [0.5, 0.6) is 0 Å². The number of ether oxygens (including phenoxy) is 1. The maximum Gasteiger partial charge on any atom is 0.225 e. The molecule has 0 aromatic heterocycles. The molecule has 1 aliphatic heterocycles. The fraction of sp³-hybridized carbons (Fsp3) is 1.00. The van der Waals surface area contributed by atoms with Crippen LogP contribution in [0.15, 0.2) is 0 Å². The second-order valence-electron chi connectivity index (χ2n) is 1.62. The van der Waals surface area contributed by atoms with Gasteiger partial charge in [0, 0.05) is 5.75 Å². The van der Waals surface area contributed by atoms with Gasteiger partial charge in [0.05, 0.1) is 6.61 Å². The summed E-state index contributed by atoms with van der Waals surface area (Å²) in [5, 5.41) is 0. The number of rotatable bonds is 0. The average Bonchev–Trinajstić information content (AvgIpc) is 2.08. The highest BCUT2D eigenvalue weighted by atomic mass is 35.6. The zero-order chi connectivity index (χ0) is 6.91. The first kappa shape index (κ1) is 8.28. The van der Waals surface area contributed by atoms with Crippen LogP contribution in [0, 0.1) is 0 Å². The van der Waals surface area contributed by atoms with E-state index in [4.69, 9.17) is 39.5 Å². The van der Waals surface area contributed by atoms with Crippen LogP contribution in [-0.2, 0) is 4.74 Å². The third-order valence-electron chi connectivity index (χ3n) is 0.889. The molecule has 0 aliphatic carbocycles. The van der Waals surface area contributed by atoms with Crippen molar-refractivity contribution < 1.29 is 4.74 Å². The van der Waals surface area contributed by atoms with Crippen molar-refractivity contribution in [2.75, 3.05) is 12.4 Å². The molecule has 1 atom stereocenters. The Kier molecular flexibility index (Phi) is 2.81. The number of hydrogen-bond acceptors (Lipinski definition) is 2. The van der Waals surface area contributed by atoms with Gasteiger partial charge in [0.25, 0.3) is 0 Å². The molecule has 1 saturated heterocycles. The predicted octanol–water partition coefficient (Wildman–Crippen LogP) is 2.45. The number of alkyl halides is 3. The molecule has 1 fully saturated rings. The standard InChI is InChI=1S/C4H5Cl3OS/c5-4(6,7)3-8-1-2-9-3/h3H,1-2H2. The van der Waals surface area contributed by atoms with E-state index in [0.717, 1.165) is 5.75 Å². The molecule has 0 saturated carbocycles. The molecule has 1 aliphatic rings. The molecule has 1 heterocycles. The smallest absolute Gasteiger partial charge is 0.225 e. The van der Waals surface area contributed by atoms with E-state index in [-0.39, 0.29) is 5.44 Å². The summed E-state index contributed by atoms with van der Waals surface area (Å²) in [6.45, 7) is 0.684. The van der Waals surface area contributed by atoms with E-state index in [0.29, 0.717) is 6.61 Å². The molecular weight excluding hydrogens is 202 g/mol. The van der Waals surface area contributed by atoms with E-state index in [1.54, 1.807) is 0 Å². The Morgan fingerprint density at radius 3 is 2.33 bits per heavy atom. The summed E-state index contributed by atoms with van der Waals surface area (Å²) in [6.07, 6.45) is 0. The molecule has 0 aromatic rings. The van der Waals surface area contributed by atoms with Gasteiger partial charge in [-0.25, -0.2) is 0 Å². The molecule has 9 heavy (non-hydrogen) atoms. The van der Waals surface area contributed by atoms with Crippen LogP contribution in [0.3, 0.4) is 0 Å². The summed E-state index contributed by atoms with van der Waals surface area (Å²) >= 11 is 18.1. The summed E-state index contributed by atoms with van der Waals surface area (Å²) in [6, 6.07) is 0. The van der Waals surface area contributed by atoms with Crippen LogP contribution >= 0.6 is 46.6 Å². The Balaban J connectivity index is 2.42. The van der Waals surface area contributed by atoms with Gasteiger partial charge in [-0.2, -0.15) is 0 Å². The lowest BCUT2D eigenvalue weighted by molar-refractivity contribution is 0.146. The Hall–Kier alpha value is 1.18. The van der Waals surface area contributed by atoms with Crippen molar-refractivity contribution >= 4 is 46.6 Å². The van der Waals surface area contributed by atoms with Crippen molar-refractivity contribution in [2.45, 2.75) is 9.23 Å². The van der Waals surface area contributed by atoms with Crippen LogP contribution in [0.25, 0.3) is 0 Å². The predicted molar refractivity (Wildman–Crippen MR) is 42.5 cm³/mol. The monoisotopic (exact) mass is 206 g/mol. The quantitative estimate of drug-likeness (QED) is 0.564. The number of hydrogen-bond donors (Lipinski definition) is 0. The van der Waals surface area contributed by atoms with Gasteiger partial charge in [-0.3, -0.25) is 0 Å². The fourth-order valence-corrected chi connectivity index (χ4v) is 2.09. The Labute approximate surface area is 73.0 Å². The maximum atomic E-state index is 5.52. The summed E-state index contributed by atoms with van der Waals surface area (Å²) in [4.78, 5) is 0. The average molecular weight is 208 g/mol.